The molecule has 0 aliphatic carbocycles. The van der Waals surface area contributed by atoms with Crippen molar-refractivity contribution in [1.29, 1.82) is 0 Å². The van der Waals surface area contributed by atoms with E-state index in [0.29, 0.717) is 0 Å². The van der Waals surface area contributed by atoms with Crippen molar-refractivity contribution in [2.45, 2.75) is 26.8 Å². The van der Waals surface area contributed by atoms with Crippen LogP contribution in [-0.4, -0.2) is 6.54 Å². The summed E-state index contributed by atoms with van der Waals surface area (Å²) >= 11 is 0. The summed E-state index contributed by atoms with van der Waals surface area (Å²) < 4.78 is 5.82. The van der Waals surface area contributed by atoms with E-state index < -0.39 is 0 Å². The van der Waals surface area contributed by atoms with Crippen molar-refractivity contribution < 1.29 is 4.74 Å². The molecule has 2 heteroatoms. The normalized spacial score (nSPS) is 10.4. The molecule has 0 aliphatic heterocycles. The molecule has 0 spiro atoms. The Labute approximate surface area is 115 Å². The summed E-state index contributed by atoms with van der Waals surface area (Å²) in [5.74, 6) is 1.76. The SMILES string of the molecule is CCNCc1ccc(Oc2ccc(CC)cc2)cc1. The largest absolute Gasteiger partial charge is 0.457 e. The lowest BCUT2D eigenvalue weighted by molar-refractivity contribution is 0.482. The Balaban J connectivity index is 1.98. The third-order valence-electron chi connectivity index (χ3n) is 3.07. The highest BCUT2D eigenvalue weighted by Gasteiger charge is 1.98. The molecule has 0 amide bonds. The van der Waals surface area contributed by atoms with Crippen molar-refractivity contribution in [3.8, 4) is 11.5 Å². The molecule has 0 fully saturated rings. The lowest BCUT2D eigenvalue weighted by Gasteiger charge is -2.07. The van der Waals surface area contributed by atoms with Crippen molar-refractivity contribution in [3.63, 3.8) is 0 Å². The monoisotopic (exact) mass is 255 g/mol. The van der Waals surface area contributed by atoms with E-state index in [1.54, 1.807) is 0 Å². The summed E-state index contributed by atoms with van der Waals surface area (Å²) in [6, 6.07) is 16.5. The number of ether oxygens (including phenoxy) is 1. The maximum atomic E-state index is 5.82. The van der Waals surface area contributed by atoms with Gasteiger partial charge >= 0.3 is 0 Å². The first kappa shape index (κ1) is 13.6. The molecule has 0 heterocycles. The highest BCUT2D eigenvalue weighted by Crippen LogP contribution is 2.22. The number of nitrogens with one attached hydrogen (secondary N) is 1. The topological polar surface area (TPSA) is 21.3 Å². The number of benzene rings is 2. The zero-order chi connectivity index (χ0) is 13.5. The van der Waals surface area contributed by atoms with Crippen LogP contribution in [0.3, 0.4) is 0 Å². The molecule has 2 nitrogen and oxygen atoms in total. The molecule has 2 aromatic rings. The van der Waals surface area contributed by atoms with Gasteiger partial charge in [0.2, 0.25) is 0 Å². The second-order valence-electron chi connectivity index (χ2n) is 4.52. The lowest BCUT2D eigenvalue weighted by atomic mass is 10.2. The minimum atomic E-state index is 0.879. The molecule has 0 saturated heterocycles. The first-order valence-corrected chi connectivity index (χ1v) is 6.88. The molecule has 100 valence electrons. The number of aryl methyl sites for hydroxylation is 1. The van der Waals surface area contributed by atoms with Crippen LogP contribution in [0, 0.1) is 0 Å². The summed E-state index contributed by atoms with van der Waals surface area (Å²) in [5, 5.41) is 3.31. The van der Waals surface area contributed by atoms with E-state index >= 15 is 0 Å². The van der Waals surface area contributed by atoms with Crippen LogP contribution in [0.15, 0.2) is 48.5 Å². The van der Waals surface area contributed by atoms with Crippen molar-refractivity contribution in [1.82, 2.24) is 5.32 Å². The van der Waals surface area contributed by atoms with E-state index in [1.807, 2.05) is 24.3 Å². The summed E-state index contributed by atoms with van der Waals surface area (Å²) in [4.78, 5) is 0. The van der Waals surface area contributed by atoms with Crippen LogP contribution in [-0.2, 0) is 13.0 Å². The van der Waals surface area contributed by atoms with Crippen LogP contribution in [0.4, 0.5) is 0 Å². The van der Waals surface area contributed by atoms with Crippen molar-refractivity contribution >= 4 is 0 Å². The number of hydrogen-bond acceptors (Lipinski definition) is 2. The van der Waals surface area contributed by atoms with Crippen LogP contribution in [0.1, 0.15) is 25.0 Å². The zero-order valence-corrected chi connectivity index (χ0v) is 11.6. The lowest BCUT2D eigenvalue weighted by Crippen LogP contribution is -2.11. The van der Waals surface area contributed by atoms with Crippen LogP contribution < -0.4 is 10.1 Å². The van der Waals surface area contributed by atoms with Gasteiger partial charge in [-0.2, -0.15) is 0 Å². The van der Waals surface area contributed by atoms with Gasteiger partial charge in [0.25, 0.3) is 0 Å². The average Bonchev–Trinajstić information content (AvgIpc) is 2.47. The van der Waals surface area contributed by atoms with Crippen molar-refractivity contribution in [2.75, 3.05) is 6.54 Å². The maximum Gasteiger partial charge on any atom is 0.127 e. The molecule has 2 aromatic carbocycles. The summed E-state index contributed by atoms with van der Waals surface area (Å²) in [7, 11) is 0. The highest BCUT2D eigenvalue weighted by molar-refractivity contribution is 5.34. The Morgan fingerprint density at radius 2 is 1.32 bits per heavy atom. The Morgan fingerprint density at radius 3 is 1.79 bits per heavy atom. The Hall–Kier alpha value is -1.80. The molecule has 0 aliphatic rings. The third-order valence-corrected chi connectivity index (χ3v) is 3.07. The molecule has 0 bridgehead atoms. The fourth-order valence-electron chi connectivity index (χ4n) is 1.87. The zero-order valence-electron chi connectivity index (χ0n) is 11.6. The van der Waals surface area contributed by atoms with Gasteiger partial charge in [-0.1, -0.05) is 38.1 Å². The molecular formula is C17H21NO. The maximum absolute atomic E-state index is 5.82. The van der Waals surface area contributed by atoms with Crippen LogP contribution >= 0.6 is 0 Å². The minimum absolute atomic E-state index is 0.879. The molecule has 0 atom stereocenters. The summed E-state index contributed by atoms with van der Waals surface area (Å²) in [6.45, 7) is 6.15. The summed E-state index contributed by atoms with van der Waals surface area (Å²) in [6.07, 6.45) is 1.05. The van der Waals surface area contributed by atoms with Crippen LogP contribution in [0.25, 0.3) is 0 Å². The van der Waals surface area contributed by atoms with Crippen molar-refractivity contribution in [2.24, 2.45) is 0 Å². The van der Waals surface area contributed by atoms with Gasteiger partial charge in [0.05, 0.1) is 0 Å². The second-order valence-corrected chi connectivity index (χ2v) is 4.52. The molecule has 1 N–H and O–H groups in total. The first-order valence-electron chi connectivity index (χ1n) is 6.88. The van der Waals surface area contributed by atoms with E-state index in [4.69, 9.17) is 4.74 Å². The van der Waals surface area contributed by atoms with Crippen molar-refractivity contribution in [3.05, 3.63) is 59.7 Å². The first-order chi connectivity index (χ1) is 9.31. The molecule has 0 saturated carbocycles. The smallest absolute Gasteiger partial charge is 0.127 e. The van der Waals surface area contributed by atoms with Gasteiger partial charge in [-0.05, 0) is 48.4 Å². The van der Waals surface area contributed by atoms with E-state index in [1.165, 1.54) is 11.1 Å². The molecule has 19 heavy (non-hydrogen) atoms. The fourth-order valence-corrected chi connectivity index (χ4v) is 1.87. The second kappa shape index (κ2) is 6.95. The van der Waals surface area contributed by atoms with Gasteiger partial charge in [-0.3, -0.25) is 0 Å². The van der Waals surface area contributed by atoms with Gasteiger partial charge in [0.15, 0.2) is 0 Å². The Bertz CT molecular complexity index is 488. The predicted octanol–water partition coefficient (Wildman–Crippen LogP) is 4.15. The average molecular weight is 255 g/mol. The molecule has 0 aromatic heterocycles. The molecule has 0 radical (unpaired) electrons. The van der Waals surface area contributed by atoms with E-state index in [2.05, 4.69) is 43.4 Å². The van der Waals surface area contributed by atoms with Crippen LogP contribution in [0.5, 0.6) is 11.5 Å². The third kappa shape index (κ3) is 4.11. The van der Waals surface area contributed by atoms with Gasteiger partial charge < -0.3 is 10.1 Å². The van der Waals surface area contributed by atoms with Gasteiger partial charge in [-0.25, -0.2) is 0 Å². The Morgan fingerprint density at radius 1 is 0.789 bits per heavy atom. The van der Waals surface area contributed by atoms with Gasteiger partial charge in [0.1, 0.15) is 11.5 Å². The quantitative estimate of drug-likeness (QED) is 0.837. The molecule has 0 unspecified atom stereocenters. The van der Waals surface area contributed by atoms with Gasteiger partial charge in [-0.15, -0.1) is 0 Å². The van der Waals surface area contributed by atoms with Crippen LogP contribution in [0.2, 0.25) is 0 Å². The number of rotatable bonds is 6. The number of hydrogen-bond donors (Lipinski definition) is 1. The summed E-state index contributed by atoms with van der Waals surface area (Å²) in [5.41, 5.74) is 2.60. The fraction of sp³-hybridized carbons (Fsp3) is 0.294. The van der Waals surface area contributed by atoms with E-state index in [9.17, 15) is 0 Å². The van der Waals surface area contributed by atoms with E-state index in [-0.39, 0.29) is 0 Å². The Kier molecular flexibility index (Phi) is 4.99. The minimum Gasteiger partial charge on any atom is -0.457 e. The molecular weight excluding hydrogens is 234 g/mol. The predicted molar refractivity (Wildman–Crippen MR) is 79.7 cm³/mol. The standard InChI is InChI=1S/C17H21NO/c1-3-14-5-9-16(10-6-14)19-17-11-7-15(8-12-17)13-18-4-2/h5-12,18H,3-4,13H2,1-2H3. The van der Waals surface area contributed by atoms with Gasteiger partial charge in [0, 0.05) is 6.54 Å². The van der Waals surface area contributed by atoms with E-state index in [0.717, 1.165) is 31.0 Å². The molecule has 2 rings (SSSR count). The highest BCUT2D eigenvalue weighted by atomic mass is 16.5.